The highest BCUT2D eigenvalue weighted by Gasteiger charge is 2.40. The highest BCUT2D eigenvalue weighted by molar-refractivity contribution is 6.42. The number of para-hydroxylation sites is 2. The Morgan fingerprint density at radius 1 is 1.12 bits per heavy atom. The number of ether oxygens (including phenoxy) is 1. The second-order valence-electron chi connectivity index (χ2n) is 5.27. The molecule has 1 unspecified atom stereocenters. The van der Waals surface area contributed by atoms with Crippen LogP contribution >= 0.6 is 23.2 Å². The van der Waals surface area contributed by atoms with Crippen molar-refractivity contribution in [1.29, 1.82) is 0 Å². The molecule has 1 atom stereocenters. The fourth-order valence-electron chi connectivity index (χ4n) is 2.60. The summed E-state index contributed by atoms with van der Waals surface area (Å²) >= 11 is 11.9. The quantitative estimate of drug-likeness (QED) is 0.839. The Hall–Kier alpha value is -2.24. The highest BCUT2D eigenvalue weighted by Crippen LogP contribution is 2.33. The summed E-state index contributed by atoms with van der Waals surface area (Å²) < 4.78 is 5.24. The zero-order valence-electron chi connectivity index (χ0n) is 12.8. The molecule has 3 rings (SSSR count). The summed E-state index contributed by atoms with van der Waals surface area (Å²) in [7, 11) is 1.50. The third-order valence-corrected chi connectivity index (χ3v) is 4.47. The minimum absolute atomic E-state index is 0.0527. The predicted octanol–water partition coefficient (Wildman–Crippen LogP) is 3.75. The lowest BCUT2D eigenvalue weighted by Crippen LogP contribution is -2.35. The van der Waals surface area contributed by atoms with Gasteiger partial charge in [0.15, 0.2) is 0 Å². The van der Waals surface area contributed by atoms with Crippen molar-refractivity contribution in [2.45, 2.75) is 12.5 Å². The Balaban J connectivity index is 1.85. The number of methoxy groups -OCH3 is 1. The van der Waals surface area contributed by atoms with E-state index in [4.69, 9.17) is 27.9 Å². The van der Waals surface area contributed by atoms with Crippen molar-refractivity contribution in [1.82, 2.24) is 0 Å². The molecule has 1 saturated heterocycles. The number of hydrogen-bond donors (Lipinski definition) is 1. The van der Waals surface area contributed by atoms with E-state index >= 15 is 0 Å². The van der Waals surface area contributed by atoms with Gasteiger partial charge in [-0.15, -0.1) is 0 Å². The largest absolute Gasteiger partial charge is 0.495 e. The maximum Gasteiger partial charge on any atom is 0.256 e. The molecule has 1 heterocycles. The number of nitrogens with zero attached hydrogens (tertiary/aromatic N) is 1. The van der Waals surface area contributed by atoms with Gasteiger partial charge in [-0.05, 0) is 30.3 Å². The van der Waals surface area contributed by atoms with Gasteiger partial charge in [0.05, 0.1) is 29.3 Å². The van der Waals surface area contributed by atoms with Gasteiger partial charge in [-0.3, -0.25) is 9.59 Å². The van der Waals surface area contributed by atoms with Crippen molar-refractivity contribution in [3.05, 3.63) is 52.5 Å². The maximum absolute atomic E-state index is 12.7. The molecule has 0 aromatic heterocycles. The van der Waals surface area contributed by atoms with Crippen molar-refractivity contribution >= 4 is 46.4 Å². The fraction of sp³-hybridized carbons (Fsp3) is 0.176. The topological polar surface area (TPSA) is 58.6 Å². The number of carbonyl (C=O) groups is 2. The van der Waals surface area contributed by atoms with E-state index in [2.05, 4.69) is 5.32 Å². The Bertz CT molecular complexity index is 810. The number of anilines is 2. The third kappa shape index (κ3) is 3.05. The van der Waals surface area contributed by atoms with Gasteiger partial charge in [0.1, 0.15) is 11.8 Å². The van der Waals surface area contributed by atoms with E-state index in [9.17, 15) is 9.59 Å². The number of amides is 2. The molecule has 0 aliphatic carbocycles. The van der Waals surface area contributed by atoms with Crippen LogP contribution in [0.4, 0.5) is 11.4 Å². The molecule has 2 aromatic carbocycles. The number of carbonyl (C=O) groups excluding carboxylic acids is 2. The molecular formula is C17H14Cl2N2O3. The molecule has 1 aliphatic heterocycles. The van der Waals surface area contributed by atoms with Crippen LogP contribution in [0.15, 0.2) is 42.5 Å². The van der Waals surface area contributed by atoms with Crippen molar-refractivity contribution in [2.75, 3.05) is 17.3 Å². The molecule has 1 aliphatic rings. The van der Waals surface area contributed by atoms with E-state index in [1.54, 1.807) is 42.5 Å². The second-order valence-corrected chi connectivity index (χ2v) is 6.08. The first-order chi connectivity index (χ1) is 11.5. The van der Waals surface area contributed by atoms with Crippen LogP contribution in [0.25, 0.3) is 0 Å². The fourth-order valence-corrected chi connectivity index (χ4v) is 2.90. The minimum Gasteiger partial charge on any atom is -0.495 e. The lowest BCUT2D eigenvalue weighted by Gasteiger charge is -2.18. The number of hydrogen-bond acceptors (Lipinski definition) is 4. The minimum atomic E-state index is -0.667. The Kier molecular flexibility index (Phi) is 4.64. The van der Waals surface area contributed by atoms with Crippen molar-refractivity contribution in [2.24, 2.45) is 0 Å². The van der Waals surface area contributed by atoms with E-state index in [0.717, 1.165) is 4.90 Å². The number of rotatable bonds is 4. The van der Waals surface area contributed by atoms with Crippen LogP contribution in [0.1, 0.15) is 6.42 Å². The van der Waals surface area contributed by atoms with E-state index in [1.807, 2.05) is 0 Å². The van der Waals surface area contributed by atoms with Gasteiger partial charge in [0, 0.05) is 5.69 Å². The number of nitrogens with one attached hydrogen (secondary N) is 1. The molecule has 0 spiro atoms. The Morgan fingerprint density at radius 3 is 2.58 bits per heavy atom. The van der Waals surface area contributed by atoms with Crippen LogP contribution in [-0.2, 0) is 9.59 Å². The van der Waals surface area contributed by atoms with Gasteiger partial charge in [-0.25, -0.2) is 4.90 Å². The predicted molar refractivity (Wildman–Crippen MR) is 94.0 cm³/mol. The lowest BCUT2D eigenvalue weighted by molar-refractivity contribution is -0.121. The van der Waals surface area contributed by atoms with E-state index < -0.39 is 6.04 Å². The van der Waals surface area contributed by atoms with Gasteiger partial charge >= 0.3 is 0 Å². The van der Waals surface area contributed by atoms with Crippen molar-refractivity contribution < 1.29 is 14.3 Å². The van der Waals surface area contributed by atoms with Crippen LogP contribution < -0.4 is 15.0 Å². The first-order valence-electron chi connectivity index (χ1n) is 7.22. The second kappa shape index (κ2) is 6.71. The van der Waals surface area contributed by atoms with Crippen LogP contribution in [0.3, 0.4) is 0 Å². The molecular weight excluding hydrogens is 351 g/mol. The monoisotopic (exact) mass is 364 g/mol. The molecule has 1 fully saturated rings. The van der Waals surface area contributed by atoms with Crippen molar-refractivity contribution in [3.8, 4) is 5.75 Å². The number of benzene rings is 2. The van der Waals surface area contributed by atoms with E-state index in [-0.39, 0.29) is 18.2 Å². The summed E-state index contributed by atoms with van der Waals surface area (Å²) in [5.74, 6) is -0.160. The van der Waals surface area contributed by atoms with Crippen LogP contribution in [-0.4, -0.2) is 25.0 Å². The van der Waals surface area contributed by atoms with Crippen LogP contribution in [0, 0.1) is 0 Å². The van der Waals surface area contributed by atoms with Gasteiger partial charge in [-0.2, -0.15) is 0 Å². The molecule has 7 heteroatoms. The molecule has 5 nitrogen and oxygen atoms in total. The molecule has 24 heavy (non-hydrogen) atoms. The molecule has 2 aromatic rings. The molecule has 0 bridgehead atoms. The van der Waals surface area contributed by atoms with Crippen LogP contribution in [0.2, 0.25) is 10.0 Å². The van der Waals surface area contributed by atoms with Crippen molar-refractivity contribution in [3.63, 3.8) is 0 Å². The number of halogens is 2. The molecule has 124 valence electrons. The standard InChI is InChI=1S/C17H14Cl2N2O3/c1-24-15-5-3-2-4-14(15)21-16(22)9-13(17(21)23)20-10-6-7-11(18)12(19)8-10/h2-8,13,20H,9H2,1H3. The first kappa shape index (κ1) is 16.6. The average molecular weight is 365 g/mol. The molecule has 0 radical (unpaired) electrons. The molecule has 0 saturated carbocycles. The average Bonchev–Trinajstić information content (AvgIpc) is 2.85. The SMILES string of the molecule is COc1ccccc1N1C(=O)CC(Nc2ccc(Cl)c(Cl)c2)C1=O. The normalized spacial score (nSPS) is 17.3. The van der Waals surface area contributed by atoms with E-state index in [1.165, 1.54) is 7.11 Å². The Morgan fingerprint density at radius 2 is 1.88 bits per heavy atom. The Labute approximate surface area is 149 Å². The summed E-state index contributed by atoms with van der Waals surface area (Å²) in [5, 5.41) is 3.83. The van der Waals surface area contributed by atoms with Gasteiger partial charge in [0.2, 0.25) is 5.91 Å². The van der Waals surface area contributed by atoms with Gasteiger partial charge in [-0.1, -0.05) is 35.3 Å². The third-order valence-electron chi connectivity index (χ3n) is 3.73. The number of imide groups is 1. The summed E-state index contributed by atoms with van der Waals surface area (Å²) in [6, 6.07) is 11.2. The maximum atomic E-state index is 12.7. The smallest absolute Gasteiger partial charge is 0.256 e. The highest BCUT2D eigenvalue weighted by atomic mass is 35.5. The summed E-state index contributed by atoms with van der Waals surface area (Å²) in [6.45, 7) is 0. The zero-order chi connectivity index (χ0) is 17.3. The summed E-state index contributed by atoms with van der Waals surface area (Å²) in [5.41, 5.74) is 1.06. The summed E-state index contributed by atoms with van der Waals surface area (Å²) in [4.78, 5) is 26.2. The van der Waals surface area contributed by atoms with E-state index in [0.29, 0.717) is 27.2 Å². The lowest BCUT2D eigenvalue weighted by atomic mass is 10.2. The van der Waals surface area contributed by atoms with Gasteiger partial charge in [0.25, 0.3) is 5.91 Å². The first-order valence-corrected chi connectivity index (χ1v) is 7.98. The summed E-state index contributed by atoms with van der Waals surface area (Å²) in [6.07, 6.45) is 0.0527. The molecule has 1 N–H and O–H groups in total. The zero-order valence-corrected chi connectivity index (χ0v) is 14.3. The van der Waals surface area contributed by atoms with Gasteiger partial charge < -0.3 is 10.1 Å². The van der Waals surface area contributed by atoms with Crippen LogP contribution in [0.5, 0.6) is 5.75 Å². The molecule has 2 amide bonds.